The van der Waals surface area contributed by atoms with Crippen molar-refractivity contribution >= 4 is 16.7 Å². The third kappa shape index (κ3) is 2.83. The van der Waals surface area contributed by atoms with Crippen molar-refractivity contribution in [3.05, 3.63) is 41.9 Å². The fourth-order valence-corrected chi connectivity index (χ4v) is 3.46. The van der Waals surface area contributed by atoms with Crippen LogP contribution in [-0.4, -0.2) is 46.0 Å². The van der Waals surface area contributed by atoms with Crippen LogP contribution in [-0.2, 0) is 0 Å². The first-order chi connectivity index (χ1) is 12.2. The summed E-state index contributed by atoms with van der Waals surface area (Å²) in [5, 5.41) is 13.7. The molecular weight excluding hydrogens is 312 g/mol. The van der Waals surface area contributed by atoms with Crippen molar-refractivity contribution in [2.45, 2.75) is 19.4 Å². The van der Waals surface area contributed by atoms with E-state index in [9.17, 15) is 5.26 Å². The standard InChI is InChI=1S/C19H20N6/c1-12-19(24-14-6-7-25(2)11-14)22-10-17(23-12)16-9-21-18-13(8-20)4-3-5-15(16)18/h3-5,9-10,14,21H,6-7,11H2,1-2H3,(H,22,24). The van der Waals surface area contributed by atoms with E-state index in [1.807, 2.05) is 31.3 Å². The predicted molar refractivity (Wildman–Crippen MR) is 98.3 cm³/mol. The van der Waals surface area contributed by atoms with Gasteiger partial charge in [0.25, 0.3) is 0 Å². The van der Waals surface area contributed by atoms with Gasteiger partial charge >= 0.3 is 0 Å². The first-order valence-electron chi connectivity index (χ1n) is 8.45. The monoisotopic (exact) mass is 332 g/mol. The van der Waals surface area contributed by atoms with Gasteiger partial charge in [0.1, 0.15) is 11.9 Å². The molecule has 0 amide bonds. The van der Waals surface area contributed by atoms with E-state index in [1.54, 1.807) is 6.20 Å². The molecule has 1 atom stereocenters. The van der Waals surface area contributed by atoms with Crippen LogP contribution in [0.4, 0.5) is 5.82 Å². The maximum absolute atomic E-state index is 9.24. The minimum absolute atomic E-state index is 0.426. The normalized spacial score (nSPS) is 17.7. The largest absolute Gasteiger partial charge is 0.365 e. The number of H-pyrrole nitrogens is 1. The zero-order chi connectivity index (χ0) is 17.4. The quantitative estimate of drug-likeness (QED) is 0.771. The fraction of sp³-hybridized carbons (Fsp3) is 0.316. The number of nitrogens with zero attached hydrogens (tertiary/aromatic N) is 4. The van der Waals surface area contributed by atoms with Gasteiger partial charge in [-0.25, -0.2) is 9.97 Å². The lowest BCUT2D eigenvalue weighted by Crippen LogP contribution is -2.24. The van der Waals surface area contributed by atoms with E-state index in [0.717, 1.165) is 53.2 Å². The third-order valence-electron chi connectivity index (χ3n) is 4.79. The van der Waals surface area contributed by atoms with Gasteiger partial charge in [-0.2, -0.15) is 5.26 Å². The lowest BCUT2D eigenvalue weighted by molar-refractivity contribution is 0.414. The summed E-state index contributed by atoms with van der Waals surface area (Å²) in [6, 6.07) is 8.35. The van der Waals surface area contributed by atoms with E-state index in [1.165, 1.54) is 0 Å². The average molecular weight is 332 g/mol. The zero-order valence-electron chi connectivity index (χ0n) is 14.4. The molecule has 6 nitrogen and oxygen atoms in total. The lowest BCUT2D eigenvalue weighted by Gasteiger charge is -2.15. The number of aromatic nitrogens is 3. The van der Waals surface area contributed by atoms with Crippen LogP contribution in [0.25, 0.3) is 22.2 Å². The summed E-state index contributed by atoms with van der Waals surface area (Å²) in [6.45, 7) is 4.12. The smallest absolute Gasteiger partial charge is 0.147 e. The van der Waals surface area contributed by atoms with Crippen LogP contribution in [0, 0.1) is 18.3 Å². The molecule has 1 unspecified atom stereocenters. The van der Waals surface area contributed by atoms with Crippen molar-refractivity contribution in [2.24, 2.45) is 0 Å². The molecule has 1 aliphatic rings. The number of anilines is 1. The highest BCUT2D eigenvalue weighted by Gasteiger charge is 2.20. The second-order valence-electron chi connectivity index (χ2n) is 6.62. The molecule has 2 aromatic heterocycles. The number of likely N-dealkylation sites (tertiary alicyclic amines) is 1. The van der Waals surface area contributed by atoms with Gasteiger partial charge in [-0.15, -0.1) is 0 Å². The number of hydrogen-bond acceptors (Lipinski definition) is 5. The summed E-state index contributed by atoms with van der Waals surface area (Å²) < 4.78 is 0. The molecule has 0 radical (unpaired) electrons. The number of para-hydroxylation sites is 1. The van der Waals surface area contributed by atoms with Gasteiger partial charge in [0.05, 0.1) is 28.7 Å². The van der Waals surface area contributed by atoms with E-state index >= 15 is 0 Å². The second-order valence-corrected chi connectivity index (χ2v) is 6.62. The Morgan fingerprint density at radius 1 is 1.40 bits per heavy atom. The molecule has 1 saturated heterocycles. The molecule has 0 saturated carbocycles. The molecule has 3 aromatic rings. The summed E-state index contributed by atoms with van der Waals surface area (Å²) in [4.78, 5) is 14.8. The van der Waals surface area contributed by atoms with Crippen LogP contribution >= 0.6 is 0 Å². The number of fused-ring (bicyclic) bond motifs is 1. The minimum Gasteiger partial charge on any atom is -0.365 e. The zero-order valence-corrected chi connectivity index (χ0v) is 14.4. The molecule has 3 heterocycles. The van der Waals surface area contributed by atoms with Crippen molar-refractivity contribution in [3.63, 3.8) is 0 Å². The number of hydrogen-bond donors (Lipinski definition) is 2. The van der Waals surface area contributed by atoms with Crippen molar-refractivity contribution in [1.29, 1.82) is 5.26 Å². The maximum Gasteiger partial charge on any atom is 0.147 e. The molecule has 25 heavy (non-hydrogen) atoms. The Balaban J connectivity index is 1.66. The van der Waals surface area contributed by atoms with E-state index in [2.05, 4.69) is 33.3 Å². The summed E-state index contributed by atoms with van der Waals surface area (Å²) in [5.74, 6) is 0.849. The van der Waals surface area contributed by atoms with Gasteiger partial charge in [0.15, 0.2) is 0 Å². The summed E-state index contributed by atoms with van der Waals surface area (Å²) in [5.41, 5.74) is 4.15. The lowest BCUT2D eigenvalue weighted by atomic mass is 10.1. The first kappa shape index (κ1) is 15.6. The molecule has 1 fully saturated rings. The van der Waals surface area contributed by atoms with Crippen LogP contribution in [0.15, 0.2) is 30.6 Å². The Morgan fingerprint density at radius 2 is 2.28 bits per heavy atom. The number of benzene rings is 1. The van der Waals surface area contributed by atoms with Crippen molar-refractivity contribution in [2.75, 3.05) is 25.5 Å². The van der Waals surface area contributed by atoms with Crippen LogP contribution in [0.2, 0.25) is 0 Å². The molecule has 0 bridgehead atoms. The fourth-order valence-electron chi connectivity index (χ4n) is 3.46. The molecule has 126 valence electrons. The topological polar surface area (TPSA) is 80.6 Å². The summed E-state index contributed by atoms with van der Waals surface area (Å²) in [6.07, 6.45) is 4.82. The number of likely N-dealkylation sites (N-methyl/N-ethyl adjacent to an activating group) is 1. The molecular formula is C19H20N6. The first-order valence-corrected chi connectivity index (χ1v) is 8.45. The number of rotatable bonds is 3. The van der Waals surface area contributed by atoms with Gasteiger partial charge < -0.3 is 15.2 Å². The van der Waals surface area contributed by atoms with Gasteiger partial charge in [-0.05, 0) is 33.0 Å². The van der Waals surface area contributed by atoms with Crippen LogP contribution in [0.1, 0.15) is 17.7 Å². The summed E-state index contributed by atoms with van der Waals surface area (Å²) >= 11 is 0. The van der Waals surface area contributed by atoms with Gasteiger partial charge in [-0.1, -0.05) is 12.1 Å². The van der Waals surface area contributed by atoms with E-state index in [4.69, 9.17) is 4.98 Å². The Labute approximate surface area is 146 Å². The maximum atomic E-state index is 9.24. The highest BCUT2D eigenvalue weighted by atomic mass is 15.2. The third-order valence-corrected chi connectivity index (χ3v) is 4.79. The molecule has 0 aliphatic carbocycles. The van der Waals surface area contributed by atoms with Crippen LogP contribution < -0.4 is 5.32 Å². The van der Waals surface area contributed by atoms with Gasteiger partial charge in [0.2, 0.25) is 0 Å². The van der Waals surface area contributed by atoms with E-state index in [-0.39, 0.29) is 0 Å². The van der Waals surface area contributed by atoms with Crippen LogP contribution in [0.5, 0.6) is 0 Å². The average Bonchev–Trinajstić information content (AvgIpc) is 3.22. The number of nitriles is 1. The Kier molecular flexibility index (Phi) is 3.86. The van der Waals surface area contributed by atoms with E-state index < -0.39 is 0 Å². The Morgan fingerprint density at radius 3 is 3.00 bits per heavy atom. The van der Waals surface area contributed by atoms with Gasteiger partial charge in [0, 0.05) is 29.7 Å². The highest BCUT2D eigenvalue weighted by molar-refractivity contribution is 5.97. The predicted octanol–water partition coefficient (Wildman–Crippen LogP) is 2.92. The number of nitrogens with one attached hydrogen (secondary N) is 2. The van der Waals surface area contributed by atoms with E-state index in [0.29, 0.717) is 11.6 Å². The minimum atomic E-state index is 0.426. The van der Waals surface area contributed by atoms with Crippen molar-refractivity contribution in [3.8, 4) is 17.3 Å². The molecule has 1 aromatic carbocycles. The van der Waals surface area contributed by atoms with Crippen molar-refractivity contribution < 1.29 is 0 Å². The van der Waals surface area contributed by atoms with Crippen molar-refractivity contribution in [1.82, 2.24) is 19.9 Å². The SMILES string of the molecule is Cc1nc(-c2c[nH]c3c(C#N)cccc23)cnc1NC1CCN(C)C1. The molecule has 0 spiro atoms. The molecule has 1 aliphatic heterocycles. The molecule has 6 heteroatoms. The summed E-state index contributed by atoms with van der Waals surface area (Å²) in [7, 11) is 2.13. The number of aromatic amines is 1. The molecule has 2 N–H and O–H groups in total. The van der Waals surface area contributed by atoms with Gasteiger partial charge in [-0.3, -0.25) is 0 Å². The molecule has 4 rings (SSSR count). The Hall–Kier alpha value is -2.91. The number of aryl methyl sites for hydroxylation is 1. The highest BCUT2D eigenvalue weighted by Crippen LogP contribution is 2.29. The second kappa shape index (κ2) is 6.19. The van der Waals surface area contributed by atoms with Crippen LogP contribution in [0.3, 0.4) is 0 Å². The Bertz CT molecular complexity index is 968.